The minimum absolute atomic E-state index is 0.134. The summed E-state index contributed by atoms with van der Waals surface area (Å²) < 4.78 is 4.57. The van der Waals surface area contributed by atoms with Gasteiger partial charge in [-0.05, 0) is 12.8 Å². The van der Waals surface area contributed by atoms with E-state index in [9.17, 15) is 9.59 Å². The van der Waals surface area contributed by atoms with E-state index in [1.165, 1.54) is 18.4 Å². The molecule has 0 bridgehead atoms. The molecule has 1 aliphatic rings. The van der Waals surface area contributed by atoms with E-state index in [0.29, 0.717) is 18.7 Å². The molecule has 17 heavy (non-hydrogen) atoms. The Labute approximate surface area is 103 Å². The van der Waals surface area contributed by atoms with Gasteiger partial charge in [-0.3, -0.25) is 4.79 Å². The van der Waals surface area contributed by atoms with Crippen LogP contribution in [-0.2, 0) is 16.0 Å². The van der Waals surface area contributed by atoms with E-state index < -0.39 is 5.97 Å². The third kappa shape index (κ3) is 3.26. The van der Waals surface area contributed by atoms with E-state index in [-0.39, 0.29) is 11.8 Å². The smallest absolute Gasteiger partial charge is 0.357 e. The van der Waals surface area contributed by atoms with Gasteiger partial charge in [-0.25, -0.2) is 9.78 Å². The molecule has 6 heteroatoms. The van der Waals surface area contributed by atoms with Crippen molar-refractivity contribution in [1.29, 1.82) is 0 Å². The molecule has 0 atom stereocenters. The van der Waals surface area contributed by atoms with E-state index in [1.54, 1.807) is 5.38 Å². The Kier molecular flexibility index (Phi) is 3.73. The molecule has 1 fully saturated rings. The lowest BCUT2D eigenvalue weighted by Gasteiger charge is -2.01. The highest BCUT2D eigenvalue weighted by atomic mass is 32.1. The molecule has 5 nitrogen and oxygen atoms in total. The van der Waals surface area contributed by atoms with Crippen molar-refractivity contribution in [3.05, 3.63) is 16.1 Å². The molecule has 1 saturated carbocycles. The van der Waals surface area contributed by atoms with Gasteiger partial charge in [0.1, 0.15) is 0 Å². The lowest BCUT2D eigenvalue weighted by atomic mass is 10.3. The summed E-state index contributed by atoms with van der Waals surface area (Å²) in [6.45, 7) is 0.573. The number of hydrogen-bond acceptors (Lipinski definition) is 5. The van der Waals surface area contributed by atoms with Gasteiger partial charge in [0.05, 0.1) is 12.1 Å². The minimum Gasteiger partial charge on any atom is -0.464 e. The minimum atomic E-state index is -0.422. The quantitative estimate of drug-likeness (QED) is 0.796. The van der Waals surface area contributed by atoms with Crippen molar-refractivity contribution in [1.82, 2.24) is 10.3 Å². The van der Waals surface area contributed by atoms with Gasteiger partial charge in [-0.1, -0.05) is 0 Å². The third-order valence-electron chi connectivity index (χ3n) is 2.53. The van der Waals surface area contributed by atoms with Gasteiger partial charge in [0.15, 0.2) is 5.69 Å². The summed E-state index contributed by atoms with van der Waals surface area (Å²) in [5.41, 5.74) is 0.334. The molecule has 0 unspecified atom stereocenters. The van der Waals surface area contributed by atoms with E-state index in [0.717, 1.165) is 17.8 Å². The van der Waals surface area contributed by atoms with Crippen LogP contribution in [-0.4, -0.2) is 30.5 Å². The molecule has 1 aromatic heterocycles. The van der Waals surface area contributed by atoms with Crippen LogP contribution in [0.1, 0.15) is 28.3 Å². The molecule has 1 heterocycles. The fourth-order valence-corrected chi connectivity index (χ4v) is 2.17. The maximum Gasteiger partial charge on any atom is 0.357 e. The zero-order valence-corrected chi connectivity index (χ0v) is 10.4. The number of aromatic nitrogens is 1. The van der Waals surface area contributed by atoms with Crippen molar-refractivity contribution in [2.75, 3.05) is 13.7 Å². The SMILES string of the molecule is COC(=O)c1csc(CCNC(=O)C2CC2)n1. The highest BCUT2D eigenvalue weighted by Crippen LogP contribution is 2.28. The van der Waals surface area contributed by atoms with E-state index in [4.69, 9.17) is 0 Å². The van der Waals surface area contributed by atoms with Gasteiger partial charge in [0, 0.05) is 24.3 Å². The fourth-order valence-electron chi connectivity index (χ4n) is 1.41. The Morgan fingerprint density at radius 3 is 3.00 bits per heavy atom. The van der Waals surface area contributed by atoms with Crippen molar-refractivity contribution in [2.24, 2.45) is 5.92 Å². The van der Waals surface area contributed by atoms with Crippen molar-refractivity contribution in [3.63, 3.8) is 0 Å². The molecule has 1 aliphatic carbocycles. The van der Waals surface area contributed by atoms with Gasteiger partial charge in [-0.2, -0.15) is 0 Å². The topological polar surface area (TPSA) is 68.3 Å². The fraction of sp³-hybridized carbons (Fsp3) is 0.545. The second kappa shape index (κ2) is 5.27. The average Bonchev–Trinajstić information content (AvgIpc) is 3.08. The Bertz CT molecular complexity index is 426. The Balaban J connectivity index is 1.76. The van der Waals surface area contributed by atoms with Gasteiger partial charge in [0.25, 0.3) is 0 Å². The number of carbonyl (C=O) groups is 2. The summed E-state index contributed by atoms with van der Waals surface area (Å²) in [5, 5.41) is 5.36. The van der Waals surface area contributed by atoms with Crippen LogP contribution < -0.4 is 5.32 Å². The van der Waals surface area contributed by atoms with Gasteiger partial charge in [-0.15, -0.1) is 11.3 Å². The maximum atomic E-state index is 11.4. The highest BCUT2D eigenvalue weighted by molar-refractivity contribution is 7.09. The first-order valence-electron chi connectivity index (χ1n) is 5.51. The number of rotatable bonds is 5. The summed E-state index contributed by atoms with van der Waals surface area (Å²) in [6, 6.07) is 0. The lowest BCUT2D eigenvalue weighted by Crippen LogP contribution is -2.26. The Morgan fingerprint density at radius 2 is 2.35 bits per heavy atom. The van der Waals surface area contributed by atoms with Gasteiger partial charge < -0.3 is 10.1 Å². The van der Waals surface area contributed by atoms with Gasteiger partial charge in [0.2, 0.25) is 5.91 Å². The molecular weight excluding hydrogens is 240 g/mol. The predicted molar refractivity (Wildman–Crippen MR) is 62.9 cm³/mol. The molecule has 92 valence electrons. The third-order valence-corrected chi connectivity index (χ3v) is 3.44. The Hall–Kier alpha value is -1.43. The molecule has 0 radical (unpaired) electrons. The number of esters is 1. The van der Waals surface area contributed by atoms with Crippen molar-refractivity contribution in [3.8, 4) is 0 Å². The van der Waals surface area contributed by atoms with Crippen LogP contribution in [0, 0.1) is 5.92 Å². The van der Waals surface area contributed by atoms with E-state index >= 15 is 0 Å². The lowest BCUT2D eigenvalue weighted by molar-refractivity contribution is -0.122. The molecule has 1 N–H and O–H groups in total. The van der Waals surface area contributed by atoms with Crippen molar-refractivity contribution >= 4 is 23.2 Å². The molecule has 0 aromatic carbocycles. The molecular formula is C11H14N2O3S. The monoisotopic (exact) mass is 254 g/mol. The summed E-state index contributed by atoms with van der Waals surface area (Å²) >= 11 is 1.41. The zero-order chi connectivity index (χ0) is 12.3. The second-order valence-electron chi connectivity index (χ2n) is 3.93. The summed E-state index contributed by atoms with van der Waals surface area (Å²) in [6.07, 6.45) is 2.67. The van der Waals surface area contributed by atoms with Crippen molar-refractivity contribution < 1.29 is 14.3 Å². The number of nitrogens with zero attached hydrogens (tertiary/aromatic N) is 1. The number of ether oxygens (including phenoxy) is 1. The number of methoxy groups -OCH3 is 1. The number of amides is 1. The van der Waals surface area contributed by atoms with Crippen molar-refractivity contribution in [2.45, 2.75) is 19.3 Å². The normalized spacial score (nSPS) is 14.4. The first-order chi connectivity index (χ1) is 8.20. The van der Waals surface area contributed by atoms with E-state index in [2.05, 4.69) is 15.0 Å². The first-order valence-corrected chi connectivity index (χ1v) is 6.39. The zero-order valence-electron chi connectivity index (χ0n) is 9.56. The predicted octanol–water partition coefficient (Wildman–Crippen LogP) is 0.998. The largest absolute Gasteiger partial charge is 0.464 e. The van der Waals surface area contributed by atoms with Crippen LogP contribution in [0.15, 0.2) is 5.38 Å². The van der Waals surface area contributed by atoms with Crippen LogP contribution in [0.5, 0.6) is 0 Å². The van der Waals surface area contributed by atoms with E-state index in [1.807, 2.05) is 0 Å². The van der Waals surface area contributed by atoms with Crippen LogP contribution in [0.3, 0.4) is 0 Å². The maximum absolute atomic E-state index is 11.4. The van der Waals surface area contributed by atoms with Crippen LogP contribution in [0.4, 0.5) is 0 Å². The Morgan fingerprint density at radius 1 is 1.59 bits per heavy atom. The number of hydrogen-bond donors (Lipinski definition) is 1. The molecule has 0 aliphatic heterocycles. The molecule has 2 rings (SSSR count). The van der Waals surface area contributed by atoms with Gasteiger partial charge >= 0.3 is 5.97 Å². The molecule has 1 amide bonds. The average molecular weight is 254 g/mol. The van der Waals surface area contributed by atoms with Crippen LogP contribution >= 0.6 is 11.3 Å². The summed E-state index contributed by atoms with van der Waals surface area (Å²) in [5.74, 6) is -0.0545. The molecule has 0 saturated heterocycles. The summed E-state index contributed by atoms with van der Waals surface area (Å²) in [7, 11) is 1.33. The second-order valence-corrected chi connectivity index (χ2v) is 4.88. The number of carbonyl (C=O) groups excluding carboxylic acids is 2. The summed E-state index contributed by atoms with van der Waals surface area (Å²) in [4.78, 5) is 26.6. The first kappa shape index (κ1) is 12.0. The standard InChI is InChI=1S/C11H14N2O3S/c1-16-11(15)8-6-17-9(13-8)4-5-12-10(14)7-2-3-7/h6-7H,2-5H2,1H3,(H,12,14). The van der Waals surface area contributed by atoms with Crippen LogP contribution in [0.2, 0.25) is 0 Å². The molecule has 0 spiro atoms. The highest BCUT2D eigenvalue weighted by Gasteiger charge is 2.29. The molecule has 1 aromatic rings. The van der Waals surface area contributed by atoms with Crippen LogP contribution in [0.25, 0.3) is 0 Å². The number of nitrogens with one attached hydrogen (secondary N) is 1. The number of thiazole rings is 1.